The van der Waals surface area contributed by atoms with Crippen molar-refractivity contribution >= 4 is 60.9 Å². The molecule has 69 heavy (non-hydrogen) atoms. The third-order valence-corrected chi connectivity index (χ3v) is 14.1. The van der Waals surface area contributed by atoms with E-state index in [1.54, 1.807) is 0 Å². The molecule has 0 radical (unpaired) electrons. The van der Waals surface area contributed by atoms with Gasteiger partial charge < -0.3 is 13.7 Å². The van der Waals surface area contributed by atoms with Crippen LogP contribution in [0.2, 0.25) is 0 Å². The van der Waals surface area contributed by atoms with Crippen LogP contribution < -0.4 is 4.90 Å². The molecule has 0 saturated carbocycles. The smallest absolute Gasteiger partial charge is 0.143 e. The average molecular weight is 880 g/mol. The van der Waals surface area contributed by atoms with E-state index in [1.807, 2.05) is 12.1 Å². The monoisotopic (exact) mass is 879 g/mol. The lowest BCUT2D eigenvalue weighted by Gasteiger charge is -2.27. The largest absolute Gasteiger partial charge is 0.456 e. The molecule has 14 rings (SSSR count). The molecule has 2 aromatic heterocycles. The van der Waals surface area contributed by atoms with E-state index in [9.17, 15) is 0 Å². The van der Waals surface area contributed by atoms with Crippen molar-refractivity contribution in [2.45, 2.75) is 0 Å². The lowest BCUT2D eigenvalue weighted by atomic mass is 9.78. The zero-order valence-corrected chi connectivity index (χ0v) is 37.4. The van der Waals surface area contributed by atoms with Crippen LogP contribution in [0.5, 0.6) is 0 Å². The van der Waals surface area contributed by atoms with Gasteiger partial charge in [0.15, 0.2) is 0 Å². The van der Waals surface area contributed by atoms with Gasteiger partial charge in [0, 0.05) is 44.2 Å². The molecule has 0 aliphatic heterocycles. The van der Waals surface area contributed by atoms with Crippen molar-refractivity contribution in [3.63, 3.8) is 0 Å². The summed E-state index contributed by atoms with van der Waals surface area (Å²) in [5, 5.41) is 4.50. The highest BCUT2D eigenvalue weighted by molar-refractivity contribution is 6.17. The molecule has 322 valence electrons. The second-order valence-electron chi connectivity index (χ2n) is 17.9. The van der Waals surface area contributed by atoms with Crippen LogP contribution in [0.3, 0.4) is 0 Å². The van der Waals surface area contributed by atoms with E-state index in [2.05, 4.69) is 241 Å². The van der Waals surface area contributed by atoms with E-state index >= 15 is 0 Å². The minimum atomic E-state index is 0.891. The van der Waals surface area contributed by atoms with E-state index < -0.39 is 0 Å². The maximum absolute atomic E-state index is 6.87. The molecule has 0 unspecified atom stereocenters. The zero-order valence-electron chi connectivity index (χ0n) is 37.4. The minimum absolute atomic E-state index is 0.891. The normalized spacial score (nSPS) is 11.8. The first-order valence-electron chi connectivity index (χ1n) is 23.6. The van der Waals surface area contributed by atoms with Gasteiger partial charge in [-0.2, -0.15) is 0 Å². The fraction of sp³-hybridized carbons (Fsp3) is 0. The zero-order chi connectivity index (χ0) is 45.4. The Balaban J connectivity index is 0.925. The molecule has 11 aromatic carbocycles. The van der Waals surface area contributed by atoms with Gasteiger partial charge in [-0.15, -0.1) is 0 Å². The van der Waals surface area contributed by atoms with Gasteiger partial charge in [0.25, 0.3) is 0 Å². The summed E-state index contributed by atoms with van der Waals surface area (Å²) in [4.78, 5) is 2.35. The van der Waals surface area contributed by atoms with E-state index in [-0.39, 0.29) is 0 Å². The molecule has 1 aliphatic rings. The summed E-state index contributed by atoms with van der Waals surface area (Å²) in [6.45, 7) is 0. The first-order chi connectivity index (χ1) is 34.2. The summed E-state index contributed by atoms with van der Waals surface area (Å²) in [7, 11) is 0. The Labute approximate surface area is 399 Å². The highest BCUT2D eigenvalue weighted by Gasteiger charge is 2.27. The van der Waals surface area contributed by atoms with Crippen LogP contribution >= 0.6 is 0 Å². The van der Waals surface area contributed by atoms with Gasteiger partial charge in [-0.1, -0.05) is 188 Å². The van der Waals surface area contributed by atoms with Crippen LogP contribution in [-0.4, -0.2) is 0 Å². The second kappa shape index (κ2) is 15.7. The molecule has 3 heteroatoms. The highest BCUT2D eigenvalue weighted by Crippen LogP contribution is 2.53. The van der Waals surface area contributed by atoms with Gasteiger partial charge in [0.05, 0.1) is 0 Å². The van der Waals surface area contributed by atoms with Crippen LogP contribution in [0.15, 0.2) is 258 Å². The van der Waals surface area contributed by atoms with Gasteiger partial charge in [0.2, 0.25) is 0 Å². The number of rotatable bonds is 6. The topological polar surface area (TPSA) is 29.5 Å². The summed E-state index contributed by atoms with van der Waals surface area (Å²) in [6.07, 6.45) is 0. The van der Waals surface area contributed by atoms with Crippen molar-refractivity contribution in [2.24, 2.45) is 0 Å². The Kier molecular flexibility index (Phi) is 8.90. The summed E-state index contributed by atoms with van der Waals surface area (Å²) in [5.41, 5.74) is 23.1. The number of benzene rings is 11. The number of nitrogens with zero attached hydrogens (tertiary/aromatic N) is 1. The van der Waals surface area contributed by atoms with E-state index in [1.165, 1.54) is 38.9 Å². The SMILES string of the molecule is c1ccc(-c2ccc(N(c3ccc(-c4cccc5c4-c4ccccc4-c4ccccc4-c4ccc6c(oc7ccccc76)c4-5)cc3)c3ccc(-c4cccc5oc6ccccc6c45)cc3)cc2)cc1. The predicted molar refractivity (Wildman–Crippen MR) is 287 cm³/mol. The minimum Gasteiger partial charge on any atom is -0.456 e. The Hall–Kier alpha value is -9.18. The third kappa shape index (κ3) is 6.29. The summed E-state index contributed by atoms with van der Waals surface area (Å²) >= 11 is 0. The molecule has 0 bridgehead atoms. The van der Waals surface area contributed by atoms with Crippen LogP contribution in [0.1, 0.15) is 0 Å². The predicted octanol–water partition coefficient (Wildman–Crippen LogP) is 18.9. The molecule has 0 fully saturated rings. The van der Waals surface area contributed by atoms with Gasteiger partial charge in [0.1, 0.15) is 22.3 Å². The number of hydrogen-bond acceptors (Lipinski definition) is 3. The number of fused-ring (bicyclic) bond motifs is 15. The second-order valence-corrected chi connectivity index (χ2v) is 17.9. The molecule has 13 aromatic rings. The molecule has 1 aliphatic carbocycles. The maximum Gasteiger partial charge on any atom is 0.143 e. The van der Waals surface area contributed by atoms with Gasteiger partial charge >= 0.3 is 0 Å². The number of furan rings is 2. The Morgan fingerprint density at radius 1 is 0.232 bits per heavy atom. The van der Waals surface area contributed by atoms with E-state index in [4.69, 9.17) is 8.83 Å². The van der Waals surface area contributed by atoms with Crippen molar-refractivity contribution < 1.29 is 8.83 Å². The standard InChI is InChI=1S/C66H41NO2/c1-2-14-42(15-3-1)43-28-34-46(35-29-43)67(48-38-32-45(33-39-48)50-23-13-27-62-64(50)58-21-9-11-26-61(58)68-62)47-36-30-44(31-37-47)49-22-12-24-59-63(49)55-20-7-6-17-52(55)51-16-4-5-18-53(51)56-40-41-57-54-19-8-10-25-60(54)69-66(57)65(56)59/h1-41H. The van der Waals surface area contributed by atoms with Crippen molar-refractivity contribution in [3.05, 3.63) is 249 Å². The van der Waals surface area contributed by atoms with Crippen LogP contribution in [0.25, 0.3) is 122 Å². The van der Waals surface area contributed by atoms with Crippen molar-refractivity contribution in [1.29, 1.82) is 0 Å². The number of hydrogen-bond donors (Lipinski definition) is 0. The van der Waals surface area contributed by atoms with Gasteiger partial charge in [-0.25, -0.2) is 0 Å². The Bertz CT molecular complexity index is 4100. The molecule has 0 saturated heterocycles. The number of para-hydroxylation sites is 2. The molecule has 2 heterocycles. The maximum atomic E-state index is 6.87. The molecule has 3 nitrogen and oxygen atoms in total. The van der Waals surface area contributed by atoms with Crippen molar-refractivity contribution in [2.75, 3.05) is 4.90 Å². The van der Waals surface area contributed by atoms with E-state index in [0.717, 1.165) is 99.9 Å². The van der Waals surface area contributed by atoms with Crippen LogP contribution in [0.4, 0.5) is 17.1 Å². The molecular weight excluding hydrogens is 839 g/mol. The third-order valence-electron chi connectivity index (χ3n) is 14.1. The molecular formula is C66H41NO2. The quantitative estimate of drug-likeness (QED) is 0.167. The molecule has 0 N–H and O–H groups in total. The fourth-order valence-corrected chi connectivity index (χ4v) is 10.9. The van der Waals surface area contributed by atoms with Crippen LogP contribution in [-0.2, 0) is 0 Å². The van der Waals surface area contributed by atoms with Gasteiger partial charge in [-0.3, -0.25) is 0 Å². The van der Waals surface area contributed by atoms with Gasteiger partial charge in [-0.05, 0) is 133 Å². The average Bonchev–Trinajstić information content (AvgIpc) is 4.00. The van der Waals surface area contributed by atoms with Crippen molar-refractivity contribution in [1.82, 2.24) is 0 Å². The Morgan fingerprint density at radius 2 is 0.696 bits per heavy atom. The van der Waals surface area contributed by atoms with Crippen molar-refractivity contribution in [3.8, 4) is 77.9 Å². The highest BCUT2D eigenvalue weighted by atomic mass is 16.3. The first kappa shape index (κ1) is 39.0. The van der Waals surface area contributed by atoms with E-state index in [0.29, 0.717) is 0 Å². The number of anilines is 3. The molecule has 0 spiro atoms. The molecule has 0 amide bonds. The fourth-order valence-electron chi connectivity index (χ4n) is 10.9. The first-order valence-corrected chi connectivity index (χ1v) is 23.6. The summed E-state index contributed by atoms with van der Waals surface area (Å²) in [6, 6.07) is 89.5. The summed E-state index contributed by atoms with van der Waals surface area (Å²) < 4.78 is 13.1. The lowest BCUT2D eigenvalue weighted by Crippen LogP contribution is -2.09. The van der Waals surface area contributed by atoms with Crippen LogP contribution in [0, 0.1) is 0 Å². The summed E-state index contributed by atoms with van der Waals surface area (Å²) in [5.74, 6) is 0. The lowest BCUT2D eigenvalue weighted by molar-refractivity contribution is 0.669. The molecule has 0 atom stereocenters. The Morgan fingerprint density at radius 3 is 1.39 bits per heavy atom.